The van der Waals surface area contributed by atoms with Crippen molar-refractivity contribution in [1.82, 2.24) is 9.97 Å². The monoisotopic (exact) mass is 394 g/mol. The van der Waals surface area contributed by atoms with Gasteiger partial charge < -0.3 is 10.2 Å². The minimum absolute atomic E-state index is 0.0374. The van der Waals surface area contributed by atoms with Gasteiger partial charge in [0.25, 0.3) is 0 Å². The average Bonchev–Trinajstić information content (AvgIpc) is 3.14. The normalized spacial score (nSPS) is 17.1. The molecule has 6 heteroatoms. The number of fused-ring (bicyclic) bond motifs is 1. The zero-order valence-corrected chi connectivity index (χ0v) is 17.5. The molecule has 1 N–H and O–H groups in total. The minimum Gasteiger partial charge on any atom is -0.355 e. The highest BCUT2D eigenvalue weighted by Gasteiger charge is 2.28. The lowest BCUT2D eigenvalue weighted by atomic mass is 9.96. The van der Waals surface area contributed by atoms with E-state index in [1.807, 2.05) is 12.1 Å². The third-order valence-corrected chi connectivity index (χ3v) is 6.76. The zero-order chi connectivity index (χ0) is 19.7. The van der Waals surface area contributed by atoms with Gasteiger partial charge in [-0.3, -0.25) is 4.79 Å². The lowest BCUT2D eigenvalue weighted by molar-refractivity contribution is -0.120. The first-order chi connectivity index (χ1) is 13.5. The van der Waals surface area contributed by atoms with Gasteiger partial charge in [-0.15, -0.1) is 11.3 Å². The number of benzene rings is 1. The first kappa shape index (κ1) is 18.9. The van der Waals surface area contributed by atoms with Crippen LogP contribution in [0.5, 0.6) is 0 Å². The van der Waals surface area contributed by atoms with Crippen LogP contribution in [0.3, 0.4) is 0 Å². The Kier molecular flexibility index (Phi) is 5.31. The largest absolute Gasteiger partial charge is 0.355 e. The Morgan fingerprint density at radius 2 is 2.11 bits per heavy atom. The molecule has 1 aliphatic heterocycles. The molecule has 3 aromatic rings. The number of nitrogens with zero attached hydrogens (tertiary/aromatic N) is 3. The van der Waals surface area contributed by atoms with Crippen molar-refractivity contribution in [3.8, 4) is 0 Å². The molecule has 0 unspecified atom stereocenters. The molecular weight excluding hydrogens is 368 g/mol. The third kappa shape index (κ3) is 3.74. The molecule has 4 rings (SSSR count). The van der Waals surface area contributed by atoms with E-state index in [0.717, 1.165) is 47.5 Å². The number of amides is 1. The van der Waals surface area contributed by atoms with E-state index in [1.54, 1.807) is 17.7 Å². The summed E-state index contributed by atoms with van der Waals surface area (Å²) in [6.45, 7) is 7.93. The predicted molar refractivity (Wildman–Crippen MR) is 116 cm³/mol. The number of anilines is 2. The van der Waals surface area contributed by atoms with Gasteiger partial charge in [0, 0.05) is 23.7 Å². The van der Waals surface area contributed by atoms with E-state index in [-0.39, 0.29) is 11.8 Å². The van der Waals surface area contributed by atoms with E-state index in [9.17, 15) is 4.79 Å². The van der Waals surface area contributed by atoms with Crippen molar-refractivity contribution < 1.29 is 4.79 Å². The van der Waals surface area contributed by atoms with Crippen molar-refractivity contribution in [2.24, 2.45) is 5.92 Å². The third-order valence-electron chi connectivity index (χ3n) is 5.57. The fourth-order valence-corrected chi connectivity index (χ4v) is 4.70. The fraction of sp³-hybridized carbons (Fsp3) is 0.409. The summed E-state index contributed by atoms with van der Waals surface area (Å²) < 4.78 is 0. The number of thiophene rings is 1. The van der Waals surface area contributed by atoms with Crippen molar-refractivity contribution in [3.05, 3.63) is 46.6 Å². The van der Waals surface area contributed by atoms with Crippen molar-refractivity contribution in [2.75, 3.05) is 23.3 Å². The Hall–Kier alpha value is -2.47. The van der Waals surface area contributed by atoms with Crippen LogP contribution < -0.4 is 10.2 Å². The van der Waals surface area contributed by atoms with Gasteiger partial charge in [0.05, 0.1) is 11.3 Å². The molecule has 1 fully saturated rings. The molecular formula is C22H26N4OS. The second-order valence-electron chi connectivity index (χ2n) is 7.56. The van der Waals surface area contributed by atoms with Gasteiger partial charge in [-0.2, -0.15) is 0 Å². The van der Waals surface area contributed by atoms with Crippen molar-refractivity contribution in [1.29, 1.82) is 0 Å². The van der Waals surface area contributed by atoms with Gasteiger partial charge in [-0.05, 0) is 62.4 Å². The molecule has 28 heavy (non-hydrogen) atoms. The molecule has 5 nitrogen and oxygen atoms in total. The van der Waals surface area contributed by atoms with Gasteiger partial charge >= 0.3 is 0 Å². The van der Waals surface area contributed by atoms with Crippen LogP contribution in [-0.4, -0.2) is 29.0 Å². The first-order valence-electron chi connectivity index (χ1n) is 9.91. The summed E-state index contributed by atoms with van der Waals surface area (Å²) in [6, 6.07) is 8.28. The second-order valence-corrected chi connectivity index (χ2v) is 8.67. The molecule has 0 spiro atoms. The molecule has 1 aliphatic rings. The second kappa shape index (κ2) is 7.87. The van der Waals surface area contributed by atoms with Crippen LogP contribution >= 0.6 is 11.3 Å². The maximum Gasteiger partial charge on any atom is 0.229 e. The van der Waals surface area contributed by atoms with Gasteiger partial charge in [0.2, 0.25) is 5.91 Å². The minimum atomic E-state index is -0.0374. The van der Waals surface area contributed by atoms with Gasteiger partial charge in [-0.1, -0.05) is 13.0 Å². The molecule has 1 atom stereocenters. The summed E-state index contributed by atoms with van der Waals surface area (Å²) in [5.41, 5.74) is 3.30. The molecule has 0 saturated carbocycles. The number of aromatic nitrogens is 2. The average molecular weight is 395 g/mol. The Bertz CT molecular complexity index is 1010. The molecule has 3 heterocycles. The van der Waals surface area contributed by atoms with Crippen LogP contribution in [0.2, 0.25) is 0 Å². The summed E-state index contributed by atoms with van der Waals surface area (Å²) in [5.74, 6) is 1.02. The predicted octanol–water partition coefficient (Wildman–Crippen LogP) is 4.73. The smallest absolute Gasteiger partial charge is 0.229 e. The molecule has 146 valence electrons. The molecule has 0 aliphatic carbocycles. The van der Waals surface area contributed by atoms with Crippen LogP contribution in [0, 0.1) is 19.8 Å². The zero-order valence-electron chi connectivity index (χ0n) is 16.7. The van der Waals surface area contributed by atoms with Gasteiger partial charge in [0.1, 0.15) is 17.0 Å². The van der Waals surface area contributed by atoms with Gasteiger partial charge in [0.15, 0.2) is 0 Å². The number of nitrogens with one attached hydrogen (secondary N) is 1. The number of carbonyl (C=O) groups is 1. The van der Waals surface area contributed by atoms with E-state index < -0.39 is 0 Å². The number of hydrogen-bond donors (Lipinski definition) is 1. The van der Waals surface area contributed by atoms with Crippen molar-refractivity contribution in [2.45, 2.75) is 40.0 Å². The lowest BCUT2D eigenvalue weighted by Gasteiger charge is -2.33. The number of carbonyl (C=O) groups excluding carboxylic acids is 1. The topological polar surface area (TPSA) is 58.1 Å². The van der Waals surface area contributed by atoms with Crippen LogP contribution in [-0.2, 0) is 11.2 Å². The van der Waals surface area contributed by atoms with Crippen molar-refractivity contribution in [3.63, 3.8) is 0 Å². The van der Waals surface area contributed by atoms with E-state index in [1.165, 1.54) is 16.0 Å². The number of aryl methyl sites for hydroxylation is 3. The Labute approximate surface area is 169 Å². The summed E-state index contributed by atoms with van der Waals surface area (Å²) >= 11 is 1.73. The van der Waals surface area contributed by atoms with E-state index >= 15 is 0 Å². The van der Waals surface area contributed by atoms with Crippen LogP contribution in [0.15, 0.2) is 30.6 Å². The standard InChI is InChI=1S/C22H26N4OS/c1-4-18-11-19-20(23-13-24-22(19)28-18)26-9-5-6-16(12-26)21(27)25-17-8-7-14(2)15(3)10-17/h7-8,10-11,13,16H,4-6,9,12H2,1-3H3,(H,25,27)/t16-/m1/s1. The quantitative estimate of drug-likeness (QED) is 0.695. The Balaban J connectivity index is 1.52. The number of rotatable bonds is 4. The van der Waals surface area contributed by atoms with Gasteiger partial charge in [-0.25, -0.2) is 9.97 Å². The SMILES string of the molecule is CCc1cc2c(N3CCC[C@@H](C(=O)Nc4ccc(C)c(C)c4)C3)ncnc2s1. The van der Waals surface area contributed by atoms with Crippen LogP contribution in [0.25, 0.3) is 10.2 Å². The maximum atomic E-state index is 12.9. The van der Waals surface area contributed by atoms with Crippen LogP contribution in [0.1, 0.15) is 35.8 Å². The van der Waals surface area contributed by atoms with E-state index in [4.69, 9.17) is 0 Å². The summed E-state index contributed by atoms with van der Waals surface area (Å²) in [7, 11) is 0. The maximum absolute atomic E-state index is 12.9. The number of hydrogen-bond acceptors (Lipinski definition) is 5. The molecule has 1 saturated heterocycles. The van der Waals surface area contributed by atoms with E-state index in [0.29, 0.717) is 6.54 Å². The van der Waals surface area contributed by atoms with E-state index in [2.05, 4.69) is 53.1 Å². The molecule has 0 radical (unpaired) electrons. The first-order valence-corrected chi connectivity index (χ1v) is 10.7. The molecule has 0 bridgehead atoms. The summed E-state index contributed by atoms with van der Waals surface area (Å²) in [4.78, 5) is 26.5. The Morgan fingerprint density at radius 3 is 2.89 bits per heavy atom. The Morgan fingerprint density at radius 1 is 1.25 bits per heavy atom. The number of piperidine rings is 1. The summed E-state index contributed by atoms with van der Waals surface area (Å²) in [6.07, 6.45) is 4.54. The van der Waals surface area contributed by atoms with Crippen LogP contribution in [0.4, 0.5) is 11.5 Å². The molecule has 1 aromatic carbocycles. The molecule has 1 amide bonds. The highest BCUT2D eigenvalue weighted by atomic mass is 32.1. The highest BCUT2D eigenvalue weighted by Crippen LogP contribution is 2.32. The highest BCUT2D eigenvalue weighted by molar-refractivity contribution is 7.18. The summed E-state index contributed by atoms with van der Waals surface area (Å²) in [5, 5.41) is 4.22. The lowest BCUT2D eigenvalue weighted by Crippen LogP contribution is -2.41. The fourth-order valence-electron chi connectivity index (χ4n) is 3.77. The molecule has 2 aromatic heterocycles. The van der Waals surface area contributed by atoms with Crippen molar-refractivity contribution >= 4 is 39.0 Å².